The largest absolute Gasteiger partial charge is 0.479 e. The van der Waals surface area contributed by atoms with Crippen LogP contribution in [0.25, 0.3) is 0 Å². The van der Waals surface area contributed by atoms with Crippen LogP contribution in [0.2, 0.25) is 0 Å². The summed E-state index contributed by atoms with van der Waals surface area (Å²) in [5.41, 5.74) is 0. The van der Waals surface area contributed by atoms with Crippen molar-refractivity contribution in [2.45, 2.75) is 38.4 Å². The molecule has 0 aliphatic carbocycles. The van der Waals surface area contributed by atoms with Crippen LogP contribution in [0.5, 0.6) is 0 Å². The highest BCUT2D eigenvalue weighted by atomic mass is 32.2. The van der Waals surface area contributed by atoms with E-state index in [-0.39, 0.29) is 23.5 Å². The zero-order valence-electron chi connectivity index (χ0n) is 10.4. The molecule has 1 heterocycles. The Bertz CT molecular complexity index is 333. The van der Waals surface area contributed by atoms with Gasteiger partial charge in [-0.1, -0.05) is 6.92 Å². The second kappa shape index (κ2) is 7.48. The third kappa shape index (κ3) is 5.14. The molecule has 104 valence electrons. The van der Waals surface area contributed by atoms with Crippen molar-refractivity contribution in [3.05, 3.63) is 0 Å². The summed E-state index contributed by atoms with van der Waals surface area (Å²) in [5, 5.41) is 11.4. The lowest BCUT2D eigenvalue weighted by atomic mass is 10.2. The van der Waals surface area contributed by atoms with Crippen molar-refractivity contribution in [3.63, 3.8) is 0 Å². The zero-order valence-corrected chi connectivity index (χ0v) is 11.2. The number of carboxylic acids is 1. The molecule has 1 rings (SSSR count). The number of carbonyl (C=O) groups is 2. The molecule has 0 radical (unpaired) electrons. The molecule has 1 fully saturated rings. The molecule has 0 aromatic carbocycles. The summed E-state index contributed by atoms with van der Waals surface area (Å²) in [6.07, 6.45) is 0.759. The number of rotatable bonds is 7. The van der Waals surface area contributed by atoms with E-state index in [4.69, 9.17) is 9.84 Å². The van der Waals surface area contributed by atoms with Gasteiger partial charge in [0.2, 0.25) is 5.91 Å². The molecule has 0 saturated carbocycles. The van der Waals surface area contributed by atoms with Crippen molar-refractivity contribution in [1.82, 2.24) is 5.32 Å². The molecule has 1 saturated heterocycles. The number of carboxylic acid groups (broad SMARTS) is 1. The van der Waals surface area contributed by atoms with Crippen LogP contribution in [-0.2, 0) is 25.1 Å². The first-order chi connectivity index (χ1) is 8.52. The highest BCUT2D eigenvalue weighted by molar-refractivity contribution is 7.85. The molecule has 6 nitrogen and oxygen atoms in total. The van der Waals surface area contributed by atoms with Gasteiger partial charge in [-0.25, -0.2) is 4.79 Å². The minimum atomic E-state index is -1.30. The number of hydrogen-bond acceptors (Lipinski definition) is 4. The van der Waals surface area contributed by atoms with E-state index in [9.17, 15) is 13.8 Å². The SMILES string of the molecule is CCCNC(=O)CS(=O)CC1CCC(C(=O)O)O1. The van der Waals surface area contributed by atoms with E-state index in [0.717, 1.165) is 6.42 Å². The second-order valence-electron chi connectivity index (χ2n) is 4.26. The van der Waals surface area contributed by atoms with Crippen LogP contribution in [0.4, 0.5) is 0 Å². The molecule has 0 aromatic rings. The van der Waals surface area contributed by atoms with Crippen LogP contribution >= 0.6 is 0 Å². The van der Waals surface area contributed by atoms with Gasteiger partial charge in [-0.3, -0.25) is 9.00 Å². The summed E-state index contributed by atoms with van der Waals surface area (Å²) in [6.45, 7) is 2.52. The minimum absolute atomic E-state index is 0.0440. The van der Waals surface area contributed by atoms with Crippen LogP contribution in [-0.4, -0.2) is 51.5 Å². The average Bonchev–Trinajstić information content (AvgIpc) is 2.74. The number of hydrogen-bond donors (Lipinski definition) is 2. The first kappa shape index (κ1) is 15.1. The third-order valence-electron chi connectivity index (χ3n) is 2.62. The molecule has 1 amide bonds. The zero-order chi connectivity index (χ0) is 13.5. The number of aliphatic carboxylic acids is 1. The Hall–Kier alpha value is -0.950. The second-order valence-corrected chi connectivity index (χ2v) is 5.76. The maximum atomic E-state index is 11.7. The van der Waals surface area contributed by atoms with Gasteiger partial charge in [0, 0.05) is 17.3 Å². The summed E-state index contributed by atoms with van der Waals surface area (Å²) >= 11 is 0. The molecule has 0 aromatic heterocycles. The molecule has 1 aliphatic rings. The lowest BCUT2D eigenvalue weighted by Gasteiger charge is -2.10. The van der Waals surface area contributed by atoms with Crippen molar-refractivity contribution in [2.24, 2.45) is 0 Å². The Morgan fingerprint density at radius 2 is 2.17 bits per heavy atom. The normalized spacial score (nSPS) is 24.7. The molecule has 0 bridgehead atoms. The van der Waals surface area contributed by atoms with Gasteiger partial charge in [0.25, 0.3) is 0 Å². The Morgan fingerprint density at radius 1 is 1.44 bits per heavy atom. The molecular weight excluding hydrogens is 258 g/mol. The van der Waals surface area contributed by atoms with Gasteiger partial charge >= 0.3 is 5.97 Å². The maximum absolute atomic E-state index is 11.7. The fraction of sp³-hybridized carbons (Fsp3) is 0.818. The monoisotopic (exact) mass is 277 g/mol. The van der Waals surface area contributed by atoms with Crippen molar-refractivity contribution in [2.75, 3.05) is 18.1 Å². The van der Waals surface area contributed by atoms with E-state index in [1.807, 2.05) is 6.92 Å². The van der Waals surface area contributed by atoms with E-state index in [1.54, 1.807) is 0 Å². The Balaban J connectivity index is 2.25. The summed E-state index contributed by atoms with van der Waals surface area (Å²) in [6, 6.07) is 0. The van der Waals surface area contributed by atoms with E-state index in [0.29, 0.717) is 19.4 Å². The number of carbonyl (C=O) groups excluding carboxylic acids is 1. The molecule has 7 heteroatoms. The van der Waals surface area contributed by atoms with Crippen LogP contribution in [0.1, 0.15) is 26.2 Å². The predicted molar refractivity (Wildman–Crippen MR) is 66.7 cm³/mol. The molecule has 1 aliphatic heterocycles. The van der Waals surface area contributed by atoms with Gasteiger partial charge in [0.1, 0.15) is 5.75 Å². The van der Waals surface area contributed by atoms with Crippen LogP contribution in [0.15, 0.2) is 0 Å². The number of ether oxygens (including phenoxy) is 1. The smallest absolute Gasteiger partial charge is 0.332 e. The Labute approximate surface area is 109 Å². The Kier molecular flexibility index (Phi) is 6.28. The standard InChI is InChI=1S/C11H19NO5S/c1-2-5-12-10(13)7-18(16)6-8-3-4-9(17-8)11(14)15/h8-9H,2-7H2,1H3,(H,12,13)(H,14,15). The van der Waals surface area contributed by atoms with Crippen molar-refractivity contribution in [3.8, 4) is 0 Å². The quantitative estimate of drug-likeness (QED) is 0.677. The fourth-order valence-corrected chi connectivity index (χ4v) is 2.91. The lowest BCUT2D eigenvalue weighted by Crippen LogP contribution is -2.31. The fourth-order valence-electron chi connectivity index (χ4n) is 1.74. The first-order valence-corrected chi connectivity index (χ1v) is 7.51. The summed E-state index contributed by atoms with van der Waals surface area (Å²) in [5.74, 6) is -1.03. The molecule has 3 unspecified atom stereocenters. The summed E-state index contributed by atoms with van der Waals surface area (Å²) in [7, 11) is -1.30. The topological polar surface area (TPSA) is 92.7 Å². The van der Waals surface area contributed by atoms with Gasteiger partial charge in [0.15, 0.2) is 6.10 Å². The van der Waals surface area contributed by atoms with Gasteiger partial charge in [-0.05, 0) is 19.3 Å². The van der Waals surface area contributed by atoms with Gasteiger partial charge in [-0.15, -0.1) is 0 Å². The third-order valence-corrected chi connectivity index (χ3v) is 3.95. The summed E-state index contributed by atoms with van der Waals surface area (Å²) in [4.78, 5) is 22.0. The Morgan fingerprint density at radius 3 is 2.72 bits per heavy atom. The molecular formula is C11H19NO5S. The molecule has 3 atom stereocenters. The highest BCUT2D eigenvalue weighted by Gasteiger charge is 2.31. The highest BCUT2D eigenvalue weighted by Crippen LogP contribution is 2.20. The van der Waals surface area contributed by atoms with Crippen LogP contribution < -0.4 is 5.32 Å². The number of nitrogens with one attached hydrogen (secondary N) is 1. The van der Waals surface area contributed by atoms with Crippen molar-refractivity contribution in [1.29, 1.82) is 0 Å². The van der Waals surface area contributed by atoms with Crippen LogP contribution in [0.3, 0.4) is 0 Å². The predicted octanol–water partition coefficient (Wildman–Crippen LogP) is -0.106. The van der Waals surface area contributed by atoms with Crippen molar-refractivity contribution >= 4 is 22.7 Å². The van der Waals surface area contributed by atoms with Gasteiger partial charge in [0.05, 0.1) is 11.9 Å². The molecule has 2 N–H and O–H groups in total. The summed E-state index contributed by atoms with van der Waals surface area (Å²) < 4.78 is 16.9. The number of amides is 1. The average molecular weight is 277 g/mol. The first-order valence-electron chi connectivity index (χ1n) is 6.02. The molecule has 18 heavy (non-hydrogen) atoms. The molecule has 0 spiro atoms. The van der Waals surface area contributed by atoms with Gasteiger partial charge in [-0.2, -0.15) is 0 Å². The maximum Gasteiger partial charge on any atom is 0.332 e. The van der Waals surface area contributed by atoms with E-state index in [2.05, 4.69) is 5.32 Å². The van der Waals surface area contributed by atoms with E-state index < -0.39 is 22.9 Å². The lowest BCUT2D eigenvalue weighted by molar-refractivity contribution is -0.148. The van der Waals surface area contributed by atoms with E-state index in [1.165, 1.54) is 0 Å². The van der Waals surface area contributed by atoms with Gasteiger partial charge < -0.3 is 15.2 Å². The minimum Gasteiger partial charge on any atom is -0.479 e. The van der Waals surface area contributed by atoms with Crippen LogP contribution in [0, 0.1) is 0 Å². The van der Waals surface area contributed by atoms with E-state index >= 15 is 0 Å². The van der Waals surface area contributed by atoms with Crippen molar-refractivity contribution < 1.29 is 23.6 Å².